The summed E-state index contributed by atoms with van der Waals surface area (Å²) < 4.78 is 38.1. The highest BCUT2D eigenvalue weighted by Gasteiger charge is 2.16. The zero-order valence-electron chi connectivity index (χ0n) is 14.4. The lowest BCUT2D eigenvalue weighted by Crippen LogP contribution is -2.26. The summed E-state index contributed by atoms with van der Waals surface area (Å²) in [4.78, 5) is 0.323. The minimum Gasteiger partial charge on any atom is -0.497 e. The summed E-state index contributed by atoms with van der Waals surface area (Å²) in [6.45, 7) is 3.96. The zero-order valence-corrected chi connectivity index (χ0v) is 15.2. The first kappa shape index (κ1) is 18.3. The maximum atomic E-state index is 12.5. The molecular weight excluding hydrogens is 326 g/mol. The van der Waals surface area contributed by atoms with Gasteiger partial charge in [-0.3, -0.25) is 0 Å². The van der Waals surface area contributed by atoms with Crippen LogP contribution in [-0.2, 0) is 16.4 Å². The topological polar surface area (TPSA) is 64.6 Å². The lowest BCUT2D eigenvalue weighted by Gasteiger charge is -2.12. The van der Waals surface area contributed by atoms with E-state index < -0.39 is 10.0 Å². The van der Waals surface area contributed by atoms with Crippen molar-refractivity contribution in [2.24, 2.45) is 0 Å². The number of aryl methyl sites for hydroxylation is 2. The first-order chi connectivity index (χ1) is 11.4. The van der Waals surface area contributed by atoms with Crippen LogP contribution < -0.4 is 14.2 Å². The lowest BCUT2D eigenvalue weighted by atomic mass is 10.1. The minimum atomic E-state index is -3.53. The molecule has 0 amide bonds. The Morgan fingerprint density at radius 3 is 2.42 bits per heavy atom. The Kier molecular flexibility index (Phi) is 5.85. The van der Waals surface area contributed by atoms with Crippen LogP contribution in [0.1, 0.15) is 16.7 Å². The lowest BCUT2D eigenvalue weighted by molar-refractivity contribution is 0.391. The smallest absolute Gasteiger partial charge is 0.240 e. The maximum absolute atomic E-state index is 12.5. The van der Waals surface area contributed by atoms with E-state index in [9.17, 15) is 8.42 Å². The molecule has 0 fully saturated rings. The summed E-state index contributed by atoms with van der Waals surface area (Å²) >= 11 is 0. The predicted octanol–water partition coefficient (Wildman–Crippen LogP) is 2.84. The van der Waals surface area contributed by atoms with Gasteiger partial charge in [-0.15, -0.1) is 0 Å². The average Bonchev–Trinajstić information content (AvgIpc) is 2.57. The third kappa shape index (κ3) is 4.27. The SMILES string of the molecule is COc1ccc(CCNS(=O)(=O)c2cc(C)ccc2C)c(OC)c1. The van der Waals surface area contributed by atoms with Crippen LogP contribution in [0.25, 0.3) is 0 Å². The van der Waals surface area contributed by atoms with Crippen molar-refractivity contribution in [2.45, 2.75) is 25.2 Å². The Labute approximate surface area is 143 Å². The van der Waals surface area contributed by atoms with E-state index in [2.05, 4.69) is 4.72 Å². The normalized spacial score (nSPS) is 11.3. The van der Waals surface area contributed by atoms with Gasteiger partial charge in [-0.05, 0) is 49.1 Å². The van der Waals surface area contributed by atoms with Crippen LogP contribution >= 0.6 is 0 Å². The number of nitrogens with one attached hydrogen (secondary N) is 1. The Hall–Kier alpha value is -2.05. The first-order valence-corrected chi connectivity index (χ1v) is 9.13. The van der Waals surface area contributed by atoms with Gasteiger partial charge in [0.25, 0.3) is 0 Å². The summed E-state index contributed by atoms with van der Waals surface area (Å²) in [5.74, 6) is 1.38. The zero-order chi connectivity index (χ0) is 17.7. The predicted molar refractivity (Wildman–Crippen MR) is 94.4 cm³/mol. The minimum absolute atomic E-state index is 0.290. The molecule has 0 aromatic heterocycles. The number of rotatable bonds is 7. The molecule has 0 heterocycles. The Morgan fingerprint density at radius 2 is 1.75 bits per heavy atom. The molecule has 0 aliphatic heterocycles. The standard InChI is InChI=1S/C18H23NO4S/c1-13-5-6-14(2)18(11-13)24(20,21)19-10-9-15-7-8-16(22-3)12-17(15)23-4/h5-8,11-12,19H,9-10H2,1-4H3. The van der Waals surface area contributed by atoms with Crippen LogP contribution in [0, 0.1) is 13.8 Å². The van der Waals surface area contributed by atoms with Gasteiger partial charge in [0.05, 0.1) is 19.1 Å². The number of hydrogen-bond donors (Lipinski definition) is 1. The third-order valence-electron chi connectivity index (χ3n) is 3.81. The average molecular weight is 349 g/mol. The summed E-state index contributed by atoms with van der Waals surface area (Å²) in [5, 5.41) is 0. The van der Waals surface area contributed by atoms with Crippen molar-refractivity contribution in [1.82, 2.24) is 4.72 Å². The summed E-state index contributed by atoms with van der Waals surface area (Å²) in [7, 11) is -0.360. The molecule has 1 N–H and O–H groups in total. The number of benzene rings is 2. The van der Waals surface area contributed by atoms with Gasteiger partial charge in [0.2, 0.25) is 10.0 Å². The molecule has 2 rings (SSSR count). The highest BCUT2D eigenvalue weighted by Crippen LogP contribution is 2.25. The van der Waals surface area contributed by atoms with Gasteiger partial charge in [0.1, 0.15) is 11.5 Å². The molecule has 0 aliphatic carbocycles. The van der Waals surface area contributed by atoms with Crippen molar-refractivity contribution >= 4 is 10.0 Å². The van der Waals surface area contributed by atoms with E-state index >= 15 is 0 Å². The van der Waals surface area contributed by atoms with Crippen LogP contribution in [-0.4, -0.2) is 29.2 Å². The van der Waals surface area contributed by atoms with E-state index in [-0.39, 0.29) is 0 Å². The second-order valence-electron chi connectivity index (χ2n) is 5.59. The molecule has 0 unspecified atom stereocenters. The number of hydrogen-bond acceptors (Lipinski definition) is 4. The van der Waals surface area contributed by atoms with E-state index in [1.807, 2.05) is 31.2 Å². The van der Waals surface area contributed by atoms with Crippen LogP contribution in [0.3, 0.4) is 0 Å². The largest absolute Gasteiger partial charge is 0.497 e. The van der Waals surface area contributed by atoms with Gasteiger partial charge in [-0.2, -0.15) is 0 Å². The number of methoxy groups -OCH3 is 2. The molecule has 0 radical (unpaired) electrons. The van der Waals surface area contributed by atoms with Crippen molar-refractivity contribution in [3.63, 3.8) is 0 Å². The highest BCUT2D eigenvalue weighted by atomic mass is 32.2. The van der Waals surface area contributed by atoms with Gasteiger partial charge in [-0.1, -0.05) is 18.2 Å². The van der Waals surface area contributed by atoms with Crippen molar-refractivity contribution in [3.05, 3.63) is 53.1 Å². The molecule has 0 bridgehead atoms. The summed E-state index contributed by atoms with van der Waals surface area (Å²) in [6, 6.07) is 10.9. The molecule has 24 heavy (non-hydrogen) atoms. The van der Waals surface area contributed by atoms with Gasteiger partial charge in [0, 0.05) is 12.6 Å². The summed E-state index contributed by atoms with van der Waals surface area (Å²) in [5.41, 5.74) is 2.56. The second kappa shape index (κ2) is 7.68. The molecule has 0 spiro atoms. The Balaban J connectivity index is 2.10. The fourth-order valence-electron chi connectivity index (χ4n) is 2.45. The molecule has 0 atom stereocenters. The molecule has 5 nitrogen and oxygen atoms in total. The van der Waals surface area contributed by atoms with Crippen molar-refractivity contribution in [1.29, 1.82) is 0 Å². The fourth-order valence-corrected chi connectivity index (χ4v) is 3.81. The van der Waals surface area contributed by atoms with Crippen molar-refractivity contribution in [2.75, 3.05) is 20.8 Å². The molecule has 2 aromatic rings. The van der Waals surface area contributed by atoms with E-state index in [0.717, 1.165) is 16.7 Å². The fraction of sp³-hybridized carbons (Fsp3) is 0.333. The van der Waals surface area contributed by atoms with E-state index in [0.29, 0.717) is 29.4 Å². The van der Waals surface area contributed by atoms with Gasteiger partial charge in [-0.25, -0.2) is 13.1 Å². The van der Waals surface area contributed by atoms with E-state index in [1.54, 1.807) is 33.3 Å². The van der Waals surface area contributed by atoms with E-state index in [4.69, 9.17) is 9.47 Å². The molecule has 0 saturated heterocycles. The van der Waals surface area contributed by atoms with Crippen LogP contribution in [0.15, 0.2) is 41.3 Å². The van der Waals surface area contributed by atoms with Crippen molar-refractivity contribution < 1.29 is 17.9 Å². The monoisotopic (exact) mass is 349 g/mol. The molecule has 130 valence electrons. The second-order valence-corrected chi connectivity index (χ2v) is 7.33. The Morgan fingerprint density at radius 1 is 1.00 bits per heavy atom. The van der Waals surface area contributed by atoms with Crippen LogP contribution in [0.2, 0.25) is 0 Å². The molecule has 0 aliphatic rings. The van der Waals surface area contributed by atoms with Gasteiger partial charge >= 0.3 is 0 Å². The van der Waals surface area contributed by atoms with Gasteiger partial charge in [0.15, 0.2) is 0 Å². The highest BCUT2D eigenvalue weighted by molar-refractivity contribution is 7.89. The molecule has 0 saturated carbocycles. The molecule has 6 heteroatoms. The molecular formula is C18H23NO4S. The Bertz CT molecular complexity index is 816. The summed E-state index contributed by atoms with van der Waals surface area (Å²) in [6.07, 6.45) is 0.525. The maximum Gasteiger partial charge on any atom is 0.240 e. The van der Waals surface area contributed by atoms with Crippen LogP contribution in [0.5, 0.6) is 11.5 Å². The van der Waals surface area contributed by atoms with Gasteiger partial charge < -0.3 is 9.47 Å². The number of ether oxygens (including phenoxy) is 2. The van der Waals surface area contributed by atoms with Crippen molar-refractivity contribution in [3.8, 4) is 11.5 Å². The first-order valence-electron chi connectivity index (χ1n) is 7.65. The van der Waals surface area contributed by atoms with E-state index in [1.165, 1.54) is 0 Å². The van der Waals surface area contributed by atoms with Crippen LogP contribution in [0.4, 0.5) is 0 Å². The quantitative estimate of drug-likeness (QED) is 0.835. The molecule has 2 aromatic carbocycles. The third-order valence-corrected chi connectivity index (χ3v) is 5.42. The number of sulfonamides is 1.